The van der Waals surface area contributed by atoms with E-state index in [1.165, 1.54) is 34.0 Å². The first kappa shape index (κ1) is 13.5. The summed E-state index contributed by atoms with van der Waals surface area (Å²) in [6, 6.07) is 15.4. The van der Waals surface area contributed by atoms with Crippen LogP contribution < -0.4 is 0 Å². The molecule has 2 aromatic carbocycles. The molecule has 0 aliphatic carbocycles. The molecule has 0 unspecified atom stereocenters. The second kappa shape index (κ2) is 6.33. The van der Waals surface area contributed by atoms with Crippen LogP contribution >= 0.6 is 0 Å². The first-order valence-corrected chi connectivity index (χ1v) is 6.85. The monoisotopic (exact) mass is 251 g/mol. The molecule has 0 spiro atoms. The van der Waals surface area contributed by atoms with Crippen LogP contribution in [-0.2, 0) is 6.42 Å². The van der Waals surface area contributed by atoms with Gasteiger partial charge in [0.15, 0.2) is 0 Å². The number of unbranched alkanes of at least 4 members (excludes halogenated alkanes) is 1. The molecule has 0 radical (unpaired) electrons. The van der Waals surface area contributed by atoms with Gasteiger partial charge in [-0.3, -0.25) is 0 Å². The summed E-state index contributed by atoms with van der Waals surface area (Å²) in [6.45, 7) is 4.29. The Morgan fingerprint density at radius 3 is 2.37 bits per heavy atom. The van der Waals surface area contributed by atoms with E-state index < -0.39 is 0 Å². The normalized spacial score (nSPS) is 10.4. The maximum absolute atomic E-state index is 7.07. The van der Waals surface area contributed by atoms with Gasteiger partial charge in [-0.05, 0) is 56.0 Å². The van der Waals surface area contributed by atoms with Crippen LogP contribution in [0, 0.1) is 19.3 Å². The van der Waals surface area contributed by atoms with E-state index in [0.717, 1.165) is 19.3 Å². The van der Waals surface area contributed by atoms with E-state index in [0.29, 0.717) is 0 Å². The van der Waals surface area contributed by atoms with Crippen molar-refractivity contribution in [3.63, 3.8) is 0 Å². The van der Waals surface area contributed by atoms with Crippen molar-refractivity contribution in [1.82, 2.24) is 0 Å². The third-order valence-electron chi connectivity index (χ3n) is 3.30. The van der Waals surface area contributed by atoms with Gasteiger partial charge in [0.1, 0.15) is 0 Å². The molecule has 0 fully saturated rings. The Morgan fingerprint density at radius 2 is 1.68 bits per heavy atom. The number of nitrogens with one attached hydrogen (secondary N) is 1. The van der Waals surface area contributed by atoms with Crippen molar-refractivity contribution in [2.45, 2.75) is 33.1 Å². The molecule has 19 heavy (non-hydrogen) atoms. The van der Waals surface area contributed by atoms with E-state index in [-0.39, 0.29) is 0 Å². The summed E-state index contributed by atoms with van der Waals surface area (Å²) in [5.74, 6) is 0. The molecule has 1 N–H and O–H groups in total. The first-order valence-electron chi connectivity index (χ1n) is 6.85. The van der Waals surface area contributed by atoms with E-state index >= 15 is 0 Å². The van der Waals surface area contributed by atoms with Gasteiger partial charge in [0, 0.05) is 0 Å². The second-order valence-electron chi connectivity index (χ2n) is 5.17. The van der Waals surface area contributed by atoms with Crippen LogP contribution in [0.2, 0.25) is 0 Å². The van der Waals surface area contributed by atoms with Crippen LogP contribution in [0.4, 0.5) is 0 Å². The molecule has 0 aliphatic rings. The van der Waals surface area contributed by atoms with E-state index in [1.54, 1.807) is 0 Å². The van der Waals surface area contributed by atoms with Gasteiger partial charge in [-0.2, -0.15) is 0 Å². The Kier molecular flexibility index (Phi) is 4.51. The van der Waals surface area contributed by atoms with Gasteiger partial charge in [0.2, 0.25) is 0 Å². The topological polar surface area (TPSA) is 23.9 Å². The Hall–Kier alpha value is -1.89. The number of benzene rings is 2. The predicted molar refractivity (Wildman–Crippen MR) is 83.1 cm³/mol. The highest BCUT2D eigenvalue weighted by Gasteiger charge is 2.01. The summed E-state index contributed by atoms with van der Waals surface area (Å²) in [4.78, 5) is 0. The first-order chi connectivity index (χ1) is 9.19. The molecule has 1 heteroatoms. The molecular weight excluding hydrogens is 230 g/mol. The molecule has 0 saturated carbocycles. The molecule has 2 rings (SSSR count). The molecule has 0 amide bonds. The summed E-state index contributed by atoms with van der Waals surface area (Å²) >= 11 is 0. The predicted octanol–water partition coefficient (Wildman–Crippen LogP) is 4.94. The fourth-order valence-electron chi connectivity index (χ4n) is 2.46. The van der Waals surface area contributed by atoms with Gasteiger partial charge in [0.25, 0.3) is 0 Å². The maximum Gasteiger partial charge on any atom is -0.00476 e. The molecule has 0 aromatic heterocycles. The zero-order chi connectivity index (χ0) is 13.7. The molecule has 0 bridgehead atoms. The van der Waals surface area contributed by atoms with Crippen molar-refractivity contribution in [2.75, 3.05) is 0 Å². The minimum Gasteiger partial charge on any atom is -0.313 e. The highest BCUT2D eigenvalue weighted by molar-refractivity contribution is 5.65. The minimum absolute atomic E-state index is 0.869. The smallest absolute Gasteiger partial charge is 0.00476 e. The highest BCUT2D eigenvalue weighted by Crippen LogP contribution is 2.23. The quantitative estimate of drug-likeness (QED) is 0.574. The molecule has 2 aromatic rings. The van der Waals surface area contributed by atoms with E-state index in [1.807, 2.05) is 0 Å². The molecule has 98 valence electrons. The van der Waals surface area contributed by atoms with Gasteiger partial charge in [-0.15, -0.1) is 0 Å². The van der Waals surface area contributed by atoms with Gasteiger partial charge < -0.3 is 5.41 Å². The van der Waals surface area contributed by atoms with Crippen LogP contribution in [0.1, 0.15) is 29.5 Å². The Bertz CT molecular complexity index is 549. The average molecular weight is 251 g/mol. The van der Waals surface area contributed by atoms with Crippen molar-refractivity contribution in [1.29, 1.82) is 5.41 Å². The lowest BCUT2D eigenvalue weighted by Gasteiger charge is -2.07. The van der Waals surface area contributed by atoms with Crippen molar-refractivity contribution >= 4 is 6.21 Å². The van der Waals surface area contributed by atoms with E-state index in [4.69, 9.17) is 5.41 Å². The van der Waals surface area contributed by atoms with Gasteiger partial charge in [-0.1, -0.05) is 53.6 Å². The molecule has 0 heterocycles. The zero-order valence-corrected chi connectivity index (χ0v) is 11.7. The average Bonchev–Trinajstić information content (AvgIpc) is 2.38. The third kappa shape index (κ3) is 3.78. The standard InChI is InChI=1S/C18H21N/c1-14-10-15(2)12-18(11-14)17-8-5-7-16(13-17)6-3-4-9-19/h5,7-13,19H,3-4,6H2,1-2H3. The molecule has 1 nitrogen and oxygen atoms in total. The second-order valence-corrected chi connectivity index (χ2v) is 5.17. The Labute approximate surface area is 115 Å². The van der Waals surface area contributed by atoms with Gasteiger partial charge in [0.05, 0.1) is 0 Å². The lowest BCUT2D eigenvalue weighted by molar-refractivity contribution is 0.872. The van der Waals surface area contributed by atoms with E-state index in [2.05, 4.69) is 56.3 Å². The lowest BCUT2D eigenvalue weighted by atomic mass is 9.98. The van der Waals surface area contributed by atoms with Crippen LogP contribution in [0.5, 0.6) is 0 Å². The summed E-state index contributed by atoms with van der Waals surface area (Å²) in [6.07, 6.45) is 4.47. The number of rotatable bonds is 5. The SMILES string of the molecule is Cc1cc(C)cc(-c2cccc(CCCC=N)c2)c1. The fourth-order valence-corrected chi connectivity index (χ4v) is 2.46. The van der Waals surface area contributed by atoms with E-state index in [9.17, 15) is 0 Å². The largest absolute Gasteiger partial charge is 0.313 e. The van der Waals surface area contributed by atoms with Crippen LogP contribution in [0.25, 0.3) is 11.1 Å². The maximum atomic E-state index is 7.07. The van der Waals surface area contributed by atoms with Crippen molar-refractivity contribution in [3.05, 3.63) is 59.2 Å². The Balaban J connectivity index is 2.24. The lowest BCUT2D eigenvalue weighted by Crippen LogP contribution is -1.88. The van der Waals surface area contributed by atoms with Crippen molar-refractivity contribution < 1.29 is 0 Å². The fraction of sp³-hybridized carbons (Fsp3) is 0.278. The van der Waals surface area contributed by atoms with Gasteiger partial charge in [-0.25, -0.2) is 0 Å². The number of aryl methyl sites for hydroxylation is 3. The Morgan fingerprint density at radius 1 is 0.947 bits per heavy atom. The van der Waals surface area contributed by atoms with Gasteiger partial charge >= 0.3 is 0 Å². The molecular formula is C18H21N. The summed E-state index contributed by atoms with van der Waals surface area (Å²) in [5, 5.41) is 7.07. The third-order valence-corrected chi connectivity index (χ3v) is 3.30. The van der Waals surface area contributed by atoms with Crippen molar-refractivity contribution in [3.8, 4) is 11.1 Å². The zero-order valence-electron chi connectivity index (χ0n) is 11.7. The van der Waals surface area contributed by atoms with Crippen LogP contribution in [0.3, 0.4) is 0 Å². The molecule has 0 aliphatic heterocycles. The van der Waals surface area contributed by atoms with Crippen molar-refractivity contribution in [2.24, 2.45) is 0 Å². The number of hydrogen-bond donors (Lipinski definition) is 1. The highest BCUT2D eigenvalue weighted by atomic mass is 14.3. The van der Waals surface area contributed by atoms with Crippen LogP contribution in [0.15, 0.2) is 42.5 Å². The van der Waals surface area contributed by atoms with Crippen LogP contribution in [-0.4, -0.2) is 6.21 Å². The summed E-state index contributed by atoms with van der Waals surface area (Å²) in [7, 11) is 0. The molecule has 0 atom stereocenters. The summed E-state index contributed by atoms with van der Waals surface area (Å²) < 4.78 is 0. The summed E-state index contributed by atoms with van der Waals surface area (Å²) in [5.41, 5.74) is 6.57. The number of hydrogen-bond acceptors (Lipinski definition) is 1. The minimum atomic E-state index is 0.869. The molecule has 0 saturated heterocycles.